The van der Waals surface area contributed by atoms with Crippen LogP contribution < -0.4 is 29.9 Å². The number of hydrogen-bond donors (Lipinski definition) is 3. The van der Waals surface area contributed by atoms with Crippen LogP contribution in [0.1, 0.15) is 48.2 Å². The highest BCUT2D eigenvalue weighted by molar-refractivity contribution is 6.04. The van der Waals surface area contributed by atoms with E-state index in [1.165, 1.54) is 25.9 Å². The standard InChI is InChI=1S/C51H60N10O5/c1-33-7-13-40(14-8-33)65-46(48(63)54-37-11-17-44-42(31-37)35(3)52-50(56-44)60-23-19-39(20-24-60)59-21-5-6-22-59)47(66-41-15-9-34(2)10-16-41)49(64)55-38-12-18-45-43(32-38)36(4)53-51(57-45)61-27-25-58(26-28-61)29-30-62/h7-18,31-32,39,46-47,62H,5-6,19-30H2,1-4H3,(H,54,63)(H,55,64). The average molecular weight is 893 g/mol. The Bertz CT molecular complexity index is 2660. The Labute approximate surface area is 386 Å². The maximum Gasteiger partial charge on any atom is 0.269 e. The van der Waals surface area contributed by atoms with Crippen LogP contribution in [0.25, 0.3) is 21.8 Å². The number of benzene rings is 4. The van der Waals surface area contributed by atoms with Crippen molar-refractivity contribution < 1.29 is 24.2 Å². The van der Waals surface area contributed by atoms with Gasteiger partial charge in [0.15, 0.2) is 0 Å². The van der Waals surface area contributed by atoms with E-state index in [4.69, 9.17) is 29.4 Å². The molecule has 2 unspecified atom stereocenters. The number of aliphatic hydroxyl groups is 1. The molecule has 66 heavy (non-hydrogen) atoms. The van der Waals surface area contributed by atoms with Gasteiger partial charge in [-0.05, 0) is 127 Å². The smallest absolute Gasteiger partial charge is 0.269 e. The minimum atomic E-state index is -1.45. The number of nitrogens with zero attached hydrogens (tertiary/aromatic N) is 8. The van der Waals surface area contributed by atoms with Crippen molar-refractivity contribution in [3.63, 3.8) is 0 Å². The summed E-state index contributed by atoms with van der Waals surface area (Å²) >= 11 is 0. The zero-order valence-electron chi connectivity index (χ0n) is 38.4. The third-order valence-corrected chi connectivity index (χ3v) is 13.1. The van der Waals surface area contributed by atoms with Crippen LogP contribution in [0.5, 0.6) is 11.5 Å². The van der Waals surface area contributed by atoms with Crippen molar-refractivity contribution in [3.8, 4) is 11.5 Å². The van der Waals surface area contributed by atoms with Gasteiger partial charge in [0.25, 0.3) is 11.8 Å². The molecular formula is C51H60N10O5. The van der Waals surface area contributed by atoms with E-state index in [1.54, 1.807) is 30.3 Å². The molecule has 3 fully saturated rings. The number of anilines is 4. The number of aryl methyl sites for hydroxylation is 4. The third-order valence-electron chi connectivity index (χ3n) is 13.1. The molecule has 0 aliphatic carbocycles. The Morgan fingerprint density at radius 2 is 1.06 bits per heavy atom. The molecule has 0 radical (unpaired) electrons. The highest BCUT2D eigenvalue weighted by Gasteiger charge is 2.39. The number of carbonyl (C=O) groups excluding carboxylic acids is 2. The van der Waals surface area contributed by atoms with Gasteiger partial charge in [-0.15, -0.1) is 0 Å². The fourth-order valence-electron chi connectivity index (χ4n) is 9.28. The second kappa shape index (κ2) is 20.0. The number of fused-ring (bicyclic) bond motifs is 2. The van der Waals surface area contributed by atoms with E-state index in [0.29, 0.717) is 41.4 Å². The second-order valence-electron chi connectivity index (χ2n) is 17.9. The van der Waals surface area contributed by atoms with Crippen LogP contribution in [0.3, 0.4) is 0 Å². The van der Waals surface area contributed by atoms with Crippen LogP contribution in [0.2, 0.25) is 0 Å². The first-order valence-corrected chi connectivity index (χ1v) is 23.3. The predicted molar refractivity (Wildman–Crippen MR) is 259 cm³/mol. The molecule has 3 N–H and O–H groups in total. The lowest BCUT2D eigenvalue weighted by atomic mass is 10.0. The number of amides is 2. The molecule has 344 valence electrons. The van der Waals surface area contributed by atoms with Gasteiger partial charge >= 0.3 is 0 Å². The SMILES string of the molecule is Cc1ccc(OC(C(=O)Nc2ccc3nc(N4CCC(N5CCCC5)CC4)nc(C)c3c2)C(Oc2ccc(C)cc2)C(=O)Nc2ccc3nc(N4CCN(CCO)CC4)nc(C)c3c2)cc1. The van der Waals surface area contributed by atoms with Crippen LogP contribution in [0, 0.1) is 27.7 Å². The van der Waals surface area contributed by atoms with Crippen molar-refractivity contribution in [2.75, 3.05) is 85.9 Å². The fourth-order valence-corrected chi connectivity index (χ4v) is 9.28. The first kappa shape index (κ1) is 44.8. The van der Waals surface area contributed by atoms with Gasteiger partial charge in [-0.3, -0.25) is 14.5 Å². The van der Waals surface area contributed by atoms with E-state index in [9.17, 15) is 14.7 Å². The van der Waals surface area contributed by atoms with Gasteiger partial charge in [-0.1, -0.05) is 35.4 Å². The molecule has 5 heterocycles. The minimum absolute atomic E-state index is 0.136. The predicted octanol–water partition coefficient (Wildman–Crippen LogP) is 6.46. The Morgan fingerprint density at radius 3 is 1.52 bits per heavy atom. The molecular weight excluding hydrogens is 833 g/mol. The number of hydrogen-bond acceptors (Lipinski definition) is 13. The molecule has 3 saturated heterocycles. The normalized spacial score (nSPS) is 17.2. The minimum Gasteiger partial charge on any atom is -0.476 e. The Morgan fingerprint density at radius 1 is 0.606 bits per heavy atom. The maximum absolute atomic E-state index is 14.7. The molecule has 0 saturated carbocycles. The molecule has 15 heteroatoms. The number of carbonyl (C=O) groups is 2. The van der Waals surface area contributed by atoms with E-state index >= 15 is 0 Å². The Balaban J connectivity index is 0.971. The summed E-state index contributed by atoms with van der Waals surface area (Å²) < 4.78 is 12.9. The largest absolute Gasteiger partial charge is 0.476 e. The van der Waals surface area contributed by atoms with Gasteiger partial charge in [0.05, 0.1) is 29.0 Å². The zero-order chi connectivity index (χ0) is 45.7. The number of aliphatic hydroxyl groups excluding tert-OH is 1. The Kier molecular flexibility index (Phi) is 13.6. The molecule has 0 bridgehead atoms. The molecule has 4 aromatic carbocycles. The summed E-state index contributed by atoms with van der Waals surface area (Å²) in [6, 6.07) is 26.3. The molecule has 6 aromatic rings. The van der Waals surface area contributed by atoms with Gasteiger partial charge in [-0.2, -0.15) is 0 Å². The van der Waals surface area contributed by atoms with Gasteiger partial charge < -0.3 is 39.9 Å². The van der Waals surface area contributed by atoms with Crippen molar-refractivity contribution in [1.82, 2.24) is 29.7 Å². The van der Waals surface area contributed by atoms with E-state index in [2.05, 4.69) is 30.2 Å². The molecule has 0 spiro atoms. The lowest BCUT2D eigenvalue weighted by Gasteiger charge is -2.36. The average Bonchev–Trinajstić information content (AvgIpc) is 3.88. The number of aromatic nitrogens is 4. The summed E-state index contributed by atoms with van der Waals surface area (Å²) in [4.78, 5) is 58.3. The number of β-amino-alcohol motifs (C(OH)–C–C–N with tert-alkyl or cyclic N) is 1. The highest BCUT2D eigenvalue weighted by Crippen LogP contribution is 2.29. The van der Waals surface area contributed by atoms with Crippen LogP contribution >= 0.6 is 0 Å². The van der Waals surface area contributed by atoms with Crippen LogP contribution in [0.15, 0.2) is 84.9 Å². The summed E-state index contributed by atoms with van der Waals surface area (Å²) in [5.41, 5.74) is 6.11. The molecule has 2 aromatic heterocycles. The lowest BCUT2D eigenvalue weighted by molar-refractivity contribution is -0.136. The number of piperazine rings is 1. The number of piperidine rings is 1. The van der Waals surface area contributed by atoms with E-state index in [1.807, 2.05) is 82.3 Å². The summed E-state index contributed by atoms with van der Waals surface area (Å²) in [5, 5.41) is 17.0. The zero-order valence-corrected chi connectivity index (χ0v) is 38.4. The third kappa shape index (κ3) is 10.3. The van der Waals surface area contributed by atoms with E-state index in [-0.39, 0.29) is 6.61 Å². The molecule has 3 aliphatic rings. The first-order valence-electron chi connectivity index (χ1n) is 23.3. The van der Waals surface area contributed by atoms with Crippen LogP contribution in [0.4, 0.5) is 23.3 Å². The topological polar surface area (TPSA) is 161 Å². The maximum atomic E-state index is 14.7. The summed E-state index contributed by atoms with van der Waals surface area (Å²) in [6.07, 6.45) is 1.91. The fraction of sp³-hybridized carbons (Fsp3) is 0.412. The van der Waals surface area contributed by atoms with Crippen LogP contribution in [-0.2, 0) is 9.59 Å². The van der Waals surface area contributed by atoms with Crippen molar-refractivity contribution in [1.29, 1.82) is 0 Å². The summed E-state index contributed by atoms with van der Waals surface area (Å²) in [5.74, 6) is 1.01. The number of rotatable bonds is 14. The van der Waals surface area contributed by atoms with Crippen molar-refractivity contribution in [2.24, 2.45) is 0 Å². The Hall–Kier alpha value is -6.42. The van der Waals surface area contributed by atoms with Crippen molar-refractivity contribution in [2.45, 2.75) is 71.6 Å². The summed E-state index contributed by atoms with van der Waals surface area (Å²) in [7, 11) is 0. The van der Waals surface area contributed by atoms with Gasteiger partial charge in [-0.25, -0.2) is 19.9 Å². The van der Waals surface area contributed by atoms with Gasteiger partial charge in [0, 0.05) is 74.0 Å². The molecule has 9 rings (SSSR count). The van der Waals surface area contributed by atoms with Gasteiger partial charge in [0.1, 0.15) is 11.5 Å². The molecule has 15 nitrogen and oxygen atoms in total. The molecule has 2 amide bonds. The number of likely N-dealkylation sites (tertiary alicyclic amines) is 1. The van der Waals surface area contributed by atoms with Crippen LogP contribution in [-0.4, -0.2) is 130 Å². The quantitative estimate of drug-likeness (QED) is 0.109. The lowest BCUT2D eigenvalue weighted by Crippen LogP contribution is -2.51. The van der Waals surface area contributed by atoms with Gasteiger partial charge in [0.2, 0.25) is 24.1 Å². The first-order chi connectivity index (χ1) is 32.1. The monoisotopic (exact) mass is 892 g/mol. The number of nitrogens with one attached hydrogen (secondary N) is 2. The van der Waals surface area contributed by atoms with E-state index in [0.717, 1.165) is 102 Å². The highest BCUT2D eigenvalue weighted by atomic mass is 16.6. The molecule has 3 aliphatic heterocycles. The van der Waals surface area contributed by atoms with E-state index < -0.39 is 24.0 Å². The second-order valence-corrected chi connectivity index (χ2v) is 17.9. The van der Waals surface area contributed by atoms with Crippen molar-refractivity contribution >= 4 is 56.9 Å². The van der Waals surface area contributed by atoms with Crippen molar-refractivity contribution in [3.05, 3.63) is 107 Å². The summed E-state index contributed by atoms with van der Waals surface area (Å²) in [6.45, 7) is 16.0. The number of ether oxygens (including phenoxy) is 2. The molecule has 2 atom stereocenters.